The van der Waals surface area contributed by atoms with Crippen LogP contribution in [0.25, 0.3) is 0 Å². The molecule has 140 valence electrons. The van der Waals surface area contributed by atoms with Crippen molar-refractivity contribution in [2.24, 2.45) is 0 Å². The standard InChI is InChI=1S/C18H20ClFN2O3S/c1-4-21(14-7-5-6-13(2)10-14)18(23)12-22(26(3,24)25)15-8-9-17(20)16(19)11-15/h5-11H,4,12H2,1-3H3. The van der Waals surface area contributed by atoms with Crippen LogP contribution in [0.3, 0.4) is 0 Å². The fourth-order valence-electron chi connectivity index (χ4n) is 2.55. The molecule has 0 aromatic heterocycles. The molecule has 0 spiro atoms. The van der Waals surface area contributed by atoms with Crippen molar-refractivity contribution in [2.75, 3.05) is 28.6 Å². The van der Waals surface area contributed by atoms with Crippen molar-refractivity contribution >= 4 is 38.9 Å². The van der Waals surface area contributed by atoms with Crippen molar-refractivity contribution < 1.29 is 17.6 Å². The molecule has 0 aliphatic carbocycles. The number of benzene rings is 2. The summed E-state index contributed by atoms with van der Waals surface area (Å²) in [5.74, 6) is -1.06. The predicted molar refractivity (Wildman–Crippen MR) is 103 cm³/mol. The second kappa shape index (κ2) is 8.05. The van der Waals surface area contributed by atoms with Gasteiger partial charge in [-0.25, -0.2) is 12.8 Å². The van der Waals surface area contributed by atoms with Crippen LogP contribution in [0.1, 0.15) is 12.5 Å². The maximum absolute atomic E-state index is 13.4. The highest BCUT2D eigenvalue weighted by Crippen LogP contribution is 2.25. The Morgan fingerprint density at radius 1 is 1.15 bits per heavy atom. The summed E-state index contributed by atoms with van der Waals surface area (Å²) in [6.45, 7) is 3.68. The summed E-state index contributed by atoms with van der Waals surface area (Å²) in [5, 5.41) is -0.213. The summed E-state index contributed by atoms with van der Waals surface area (Å²) in [6.07, 6.45) is 0.987. The topological polar surface area (TPSA) is 57.7 Å². The third-order valence-electron chi connectivity index (χ3n) is 3.80. The molecule has 0 saturated carbocycles. The molecule has 2 aromatic carbocycles. The fourth-order valence-corrected chi connectivity index (χ4v) is 3.56. The molecule has 0 saturated heterocycles. The van der Waals surface area contributed by atoms with Gasteiger partial charge in [0.25, 0.3) is 0 Å². The number of nitrogens with zero attached hydrogens (tertiary/aromatic N) is 2. The van der Waals surface area contributed by atoms with Crippen molar-refractivity contribution in [3.63, 3.8) is 0 Å². The Hall–Kier alpha value is -2.12. The fraction of sp³-hybridized carbons (Fsp3) is 0.278. The Morgan fingerprint density at radius 3 is 2.38 bits per heavy atom. The zero-order valence-electron chi connectivity index (χ0n) is 14.7. The maximum atomic E-state index is 13.4. The number of carbonyl (C=O) groups excluding carboxylic acids is 1. The lowest BCUT2D eigenvalue weighted by atomic mass is 10.2. The molecular weight excluding hydrogens is 379 g/mol. The molecule has 2 aromatic rings. The second-order valence-corrected chi connectivity index (χ2v) is 8.16. The normalized spacial score (nSPS) is 11.3. The van der Waals surface area contributed by atoms with Gasteiger partial charge in [-0.15, -0.1) is 0 Å². The highest BCUT2D eigenvalue weighted by molar-refractivity contribution is 7.92. The van der Waals surface area contributed by atoms with Gasteiger partial charge in [-0.1, -0.05) is 23.7 Å². The monoisotopic (exact) mass is 398 g/mol. The number of hydrogen-bond acceptors (Lipinski definition) is 3. The van der Waals surface area contributed by atoms with Crippen LogP contribution < -0.4 is 9.21 Å². The zero-order valence-corrected chi connectivity index (χ0v) is 16.3. The minimum Gasteiger partial charge on any atom is -0.311 e. The summed E-state index contributed by atoms with van der Waals surface area (Å²) in [6, 6.07) is 10.9. The van der Waals surface area contributed by atoms with Gasteiger partial charge >= 0.3 is 0 Å². The first-order chi connectivity index (χ1) is 12.1. The molecule has 5 nitrogen and oxygen atoms in total. The molecule has 26 heavy (non-hydrogen) atoms. The highest BCUT2D eigenvalue weighted by atomic mass is 35.5. The van der Waals surface area contributed by atoms with E-state index in [0.717, 1.165) is 22.2 Å². The van der Waals surface area contributed by atoms with Crippen LogP contribution in [-0.4, -0.2) is 33.7 Å². The van der Waals surface area contributed by atoms with Gasteiger partial charge in [0.15, 0.2) is 0 Å². The Bertz CT molecular complexity index is 918. The number of carbonyl (C=O) groups is 1. The van der Waals surface area contributed by atoms with E-state index in [2.05, 4.69) is 0 Å². The van der Waals surface area contributed by atoms with Crippen LogP contribution >= 0.6 is 11.6 Å². The van der Waals surface area contributed by atoms with Crippen LogP contribution in [0, 0.1) is 12.7 Å². The predicted octanol–water partition coefficient (Wildman–Crippen LogP) is 3.61. The molecule has 0 aliphatic rings. The molecule has 0 unspecified atom stereocenters. The van der Waals surface area contributed by atoms with E-state index in [1.54, 1.807) is 13.0 Å². The quantitative estimate of drug-likeness (QED) is 0.746. The first-order valence-corrected chi connectivity index (χ1v) is 10.2. The molecule has 0 N–H and O–H groups in total. The van der Waals surface area contributed by atoms with Crippen molar-refractivity contribution in [1.82, 2.24) is 0 Å². The summed E-state index contributed by atoms with van der Waals surface area (Å²) in [4.78, 5) is 14.3. The lowest BCUT2D eigenvalue weighted by Crippen LogP contribution is -2.42. The number of hydrogen-bond donors (Lipinski definition) is 0. The number of anilines is 2. The van der Waals surface area contributed by atoms with Crippen molar-refractivity contribution in [3.05, 3.63) is 58.9 Å². The largest absolute Gasteiger partial charge is 0.311 e. The Morgan fingerprint density at radius 2 is 1.85 bits per heavy atom. The molecular formula is C18H20ClFN2O3S. The summed E-state index contributed by atoms with van der Waals surface area (Å²) >= 11 is 5.76. The minimum atomic E-state index is -3.77. The Labute approximate surface area is 158 Å². The van der Waals surface area contributed by atoms with Gasteiger partial charge in [0, 0.05) is 12.2 Å². The number of amides is 1. The number of halogens is 2. The lowest BCUT2D eigenvalue weighted by molar-refractivity contribution is -0.117. The number of rotatable bonds is 6. The Balaban J connectivity index is 2.35. The molecule has 0 atom stereocenters. The number of likely N-dealkylation sites (N-methyl/N-ethyl adjacent to an activating group) is 1. The van der Waals surface area contributed by atoms with Crippen molar-refractivity contribution in [1.29, 1.82) is 0 Å². The summed E-state index contributed by atoms with van der Waals surface area (Å²) < 4.78 is 38.7. The van der Waals surface area contributed by atoms with Crippen LogP contribution in [0.4, 0.5) is 15.8 Å². The van der Waals surface area contributed by atoms with Gasteiger partial charge in [-0.3, -0.25) is 9.10 Å². The van der Waals surface area contributed by atoms with Crippen LogP contribution in [0.5, 0.6) is 0 Å². The van der Waals surface area contributed by atoms with E-state index in [4.69, 9.17) is 11.6 Å². The van der Waals surface area contributed by atoms with E-state index >= 15 is 0 Å². The maximum Gasteiger partial charge on any atom is 0.247 e. The number of aryl methyl sites for hydroxylation is 1. The molecule has 8 heteroatoms. The molecule has 1 amide bonds. The highest BCUT2D eigenvalue weighted by Gasteiger charge is 2.25. The third kappa shape index (κ3) is 4.74. The van der Waals surface area contributed by atoms with Crippen LogP contribution in [-0.2, 0) is 14.8 Å². The first-order valence-electron chi connectivity index (χ1n) is 7.93. The smallest absolute Gasteiger partial charge is 0.247 e. The van der Waals surface area contributed by atoms with Crippen LogP contribution in [0.2, 0.25) is 5.02 Å². The SMILES string of the molecule is CCN(C(=O)CN(c1ccc(F)c(Cl)c1)S(C)(=O)=O)c1cccc(C)c1. The molecule has 2 rings (SSSR count). The second-order valence-electron chi connectivity index (χ2n) is 5.85. The first kappa shape index (κ1) is 20.2. The van der Waals surface area contributed by atoms with Gasteiger partial charge in [0.05, 0.1) is 17.0 Å². The van der Waals surface area contributed by atoms with E-state index in [1.807, 2.05) is 25.1 Å². The average molecular weight is 399 g/mol. The van der Waals surface area contributed by atoms with Crippen molar-refractivity contribution in [2.45, 2.75) is 13.8 Å². The zero-order chi connectivity index (χ0) is 19.5. The number of sulfonamides is 1. The van der Waals surface area contributed by atoms with E-state index in [1.165, 1.54) is 17.0 Å². The molecule has 0 fully saturated rings. The van der Waals surface area contributed by atoms with Gasteiger partial charge < -0.3 is 4.90 Å². The van der Waals surface area contributed by atoms with Crippen molar-refractivity contribution in [3.8, 4) is 0 Å². The van der Waals surface area contributed by atoms with E-state index in [0.29, 0.717) is 12.2 Å². The third-order valence-corrected chi connectivity index (χ3v) is 5.23. The lowest BCUT2D eigenvalue weighted by Gasteiger charge is -2.27. The van der Waals surface area contributed by atoms with Gasteiger partial charge in [0.2, 0.25) is 15.9 Å². The summed E-state index contributed by atoms with van der Waals surface area (Å²) in [7, 11) is -3.77. The molecule has 0 aliphatic heterocycles. The minimum absolute atomic E-state index is 0.132. The van der Waals surface area contributed by atoms with Gasteiger partial charge in [0.1, 0.15) is 12.4 Å². The van der Waals surface area contributed by atoms with E-state index in [-0.39, 0.29) is 10.7 Å². The van der Waals surface area contributed by atoms with E-state index < -0.39 is 28.3 Å². The Kier molecular flexibility index (Phi) is 6.26. The average Bonchev–Trinajstić information content (AvgIpc) is 2.55. The molecule has 0 bridgehead atoms. The molecule has 0 radical (unpaired) electrons. The summed E-state index contributed by atoms with van der Waals surface area (Å²) in [5.41, 5.74) is 1.80. The van der Waals surface area contributed by atoms with Gasteiger partial charge in [-0.05, 0) is 49.7 Å². The van der Waals surface area contributed by atoms with Crippen LogP contribution in [0.15, 0.2) is 42.5 Å². The van der Waals surface area contributed by atoms with Gasteiger partial charge in [-0.2, -0.15) is 0 Å². The molecule has 0 heterocycles. The van der Waals surface area contributed by atoms with E-state index in [9.17, 15) is 17.6 Å².